The number of aliphatic hydroxyl groups excluding tert-OH is 1. The van der Waals surface area contributed by atoms with Crippen LogP contribution in [0.15, 0.2) is 18.2 Å². The molecule has 0 spiro atoms. The van der Waals surface area contributed by atoms with Gasteiger partial charge in [-0.3, -0.25) is 4.79 Å². The molecule has 1 saturated heterocycles. The van der Waals surface area contributed by atoms with E-state index in [1.807, 2.05) is 18.2 Å². The Morgan fingerprint density at radius 3 is 2.95 bits per heavy atom. The summed E-state index contributed by atoms with van der Waals surface area (Å²) in [5.74, 6) is 0.556. The van der Waals surface area contributed by atoms with Crippen molar-refractivity contribution in [1.82, 2.24) is 0 Å². The number of nitrogens with zero attached hydrogens (tertiary/aromatic N) is 2. The van der Waals surface area contributed by atoms with Gasteiger partial charge in [0.05, 0.1) is 5.69 Å². The number of aliphatic hydroxyl groups is 1. The lowest BCUT2D eigenvalue weighted by molar-refractivity contribution is -0.125. The van der Waals surface area contributed by atoms with Crippen LogP contribution in [0.3, 0.4) is 0 Å². The molecular weight excluding hydrogens is 252 g/mol. The van der Waals surface area contributed by atoms with Gasteiger partial charge >= 0.3 is 0 Å². The highest BCUT2D eigenvalue weighted by atomic mass is 16.3. The second-order valence-electron chi connectivity index (χ2n) is 5.93. The molecule has 0 bridgehead atoms. The van der Waals surface area contributed by atoms with Crippen molar-refractivity contribution >= 4 is 17.3 Å². The lowest BCUT2D eigenvalue weighted by Gasteiger charge is -2.20. The number of hydrogen-bond acceptors (Lipinski definition) is 3. The first-order valence-corrected chi connectivity index (χ1v) is 7.46. The van der Waals surface area contributed by atoms with Crippen LogP contribution in [0.5, 0.6) is 0 Å². The van der Waals surface area contributed by atoms with Crippen LogP contribution in [-0.2, 0) is 4.79 Å². The molecule has 4 heteroatoms. The first-order chi connectivity index (χ1) is 9.61. The fourth-order valence-corrected chi connectivity index (χ4v) is 3.40. The maximum atomic E-state index is 11.8. The van der Waals surface area contributed by atoms with Gasteiger partial charge in [0.2, 0.25) is 0 Å². The third kappa shape index (κ3) is 2.08. The predicted octanol–water partition coefficient (Wildman–Crippen LogP) is 2.32. The molecule has 0 saturated carbocycles. The summed E-state index contributed by atoms with van der Waals surface area (Å²) in [7, 11) is 1.73. The summed E-state index contributed by atoms with van der Waals surface area (Å²) in [6.45, 7) is 4.43. The van der Waals surface area contributed by atoms with Crippen LogP contribution in [0.4, 0.5) is 11.4 Å². The van der Waals surface area contributed by atoms with Crippen LogP contribution in [0, 0.1) is 5.92 Å². The second-order valence-corrected chi connectivity index (χ2v) is 5.93. The quantitative estimate of drug-likeness (QED) is 0.920. The van der Waals surface area contributed by atoms with Crippen LogP contribution < -0.4 is 9.80 Å². The molecule has 1 aromatic rings. The molecular formula is C16H22N2O2. The first-order valence-electron chi connectivity index (χ1n) is 7.46. The van der Waals surface area contributed by atoms with Crippen molar-refractivity contribution in [2.75, 3.05) is 29.9 Å². The van der Waals surface area contributed by atoms with E-state index in [1.165, 1.54) is 19.3 Å². The number of anilines is 2. The lowest BCUT2D eigenvalue weighted by atomic mass is 10.0. The zero-order valence-electron chi connectivity index (χ0n) is 12.2. The van der Waals surface area contributed by atoms with Gasteiger partial charge in [-0.15, -0.1) is 0 Å². The molecule has 1 N–H and O–H groups in total. The first kappa shape index (κ1) is 13.4. The van der Waals surface area contributed by atoms with Crippen molar-refractivity contribution in [3.8, 4) is 0 Å². The van der Waals surface area contributed by atoms with Crippen LogP contribution in [0.2, 0.25) is 0 Å². The maximum absolute atomic E-state index is 11.8. The minimum atomic E-state index is -0.990. The fraction of sp³-hybridized carbons (Fsp3) is 0.562. The molecule has 2 heterocycles. The van der Waals surface area contributed by atoms with E-state index < -0.39 is 6.10 Å². The average Bonchev–Trinajstić information content (AvgIpc) is 3.00. The van der Waals surface area contributed by atoms with Gasteiger partial charge in [0, 0.05) is 31.4 Å². The maximum Gasteiger partial charge on any atom is 0.260 e. The summed E-state index contributed by atoms with van der Waals surface area (Å²) >= 11 is 0. The Morgan fingerprint density at radius 2 is 2.20 bits per heavy atom. The lowest BCUT2D eigenvalue weighted by Crippen LogP contribution is -2.24. The molecule has 1 aromatic carbocycles. The standard InChI is InChI=1S/C16H22N2O2/c1-3-4-11-7-8-18(10-11)12-5-6-13-14(9-12)17(2)16(20)15(13)19/h5-6,9,11,15,19H,3-4,7-8,10H2,1-2H3. The molecule has 20 heavy (non-hydrogen) atoms. The third-order valence-electron chi connectivity index (χ3n) is 4.58. The van der Waals surface area contributed by atoms with Crippen molar-refractivity contribution in [3.63, 3.8) is 0 Å². The van der Waals surface area contributed by atoms with Gasteiger partial charge in [-0.1, -0.05) is 19.4 Å². The SMILES string of the molecule is CCCC1CCN(c2ccc3c(c2)N(C)C(=O)C3O)C1. The number of hydrogen-bond donors (Lipinski definition) is 1. The van der Waals surface area contributed by atoms with Crippen molar-refractivity contribution in [2.45, 2.75) is 32.3 Å². The van der Waals surface area contributed by atoms with E-state index in [-0.39, 0.29) is 5.91 Å². The summed E-state index contributed by atoms with van der Waals surface area (Å²) in [4.78, 5) is 15.7. The zero-order chi connectivity index (χ0) is 14.3. The van der Waals surface area contributed by atoms with Crippen molar-refractivity contribution in [2.24, 2.45) is 5.92 Å². The van der Waals surface area contributed by atoms with Crippen LogP contribution in [0.1, 0.15) is 37.9 Å². The summed E-state index contributed by atoms with van der Waals surface area (Å²) < 4.78 is 0. The van der Waals surface area contributed by atoms with Crippen molar-refractivity contribution in [3.05, 3.63) is 23.8 Å². The molecule has 0 aliphatic carbocycles. The Labute approximate surface area is 120 Å². The average molecular weight is 274 g/mol. The summed E-state index contributed by atoms with van der Waals surface area (Å²) in [6.07, 6.45) is 2.79. The topological polar surface area (TPSA) is 43.8 Å². The molecule has 3 rings (SSSR count). The van der Waals surface area contributed by atoms with Gasteiger partial charge in [0.25, 0.3) is 5.91 Å². The molecule has 2 unspecified atom stereocenters. The highest BCUT2D eigenvalue weighted by Crippen LogP contribution is 2.38. The number of likely N-dealkylation sites (N-methyl/N-ethyl adjacent to an activating group) is 1. The van der Waals surface area contributed by atoms with Gasteiger partial charge in [-0.25, -0.2) is 0 Å². The molecule has 0 aromatic heterocycles. The Morgan fingerprint density at radius 1 is 1.40 bits per heavy atom. The molecule has 1 fully saturated rings. The monoisotopic (exact) mass is 274 g/mol. The molecule has 0 radical (unpaired) electrons. The molecule has 4 nitrogen and oxygen atoms in total. The van der Waals surface area contributed by atoms with Gasteiger partial charge in [0.1, 0.15) is 0 Å². The van der Waals surface area contributed by atoms with Gasteiger partial charge < -0.3 is 14.9 Å². The number of benzene rings is 1. The minimum absolute atomic E-state index is 0.234. The number of carbonyl (C=O) groups excluding carboxylic acids is 1. The van der Waals surface area contributed by atoms with E-state index in [0.717, 1.165) is 35.9 Å². The number of amides is 1. The minimum Gasteiger partial charge on any atom is -0.378 e. The Hall–Kier alpha value is -1.55. The smallest absolute Gasteiger partial charge is 0.260 e. The van der Waals surface area contributed by atoms with Gasteiger partial charge in [-0.05, 0) is 30.9 Å². The largest absolute Gasteiger partial charge is 0.378 e. The summed E-state index contributed by atoms with van der Waals surface area (Å²) in [6, 6.07) is 5.96. The van der Waals surface area contributed by atoms with Crippen molar-refractivity contribution < 1.29 is 9.90 Å². The normalized spacial score (nSPS) is 25.4. The zero-order valence-corrected chi connectivity index (χ0v) is 12.2. The van der Waals surface area contributed by atoms with E-state index in [0.29, 0.717) is 0 Å². The molecule has 108 valence electrons. The third-order valence-corrected chi connectivity index (χ3v) is 4.58. The molecule has 2 aliphatic rings. The van der Waals surface area contributed by atoms with E-state index in [2.05, 4.69) is 11.8 Å². The Bertz CT molecular complexity index is 529. The van der Waals surface area contributed by atoms with Crippen LogP contribution in [0.25, 0.3) is 0 Å². The summed E-state index contributed by atoms with van der Waals surface area (Å²) in [5, 5.41) is 9.88. The Kier molecular flexibility index (Phi) is 3.42. The molecule has 2 aliphatic heterocycles. The van der Waals surface area contributed by atoms with Crippen molar-refractivity contribution in [1.29, 1.82) is 0 Å². The van der Waals surface area contributed by atoms with E-state index in [4.69, 9.17) is 0 Å². The fourth-order valence-electron chi connectivity index (χ4n) is 3.40. The molecule has 1 amide bonds. The Balaban J connectivity index is 1.82. The number of fused-ring (bicyclic) bond motifs is 1. The predicted molar refractivity (Wildman–Crippen MR) is 80.0 cm³/mol. The van der Waals surface area contributed by atoms with E-state index in [1.54, 1.807) is 11.9 Å². The van der Waals surface area contributed by atoms with Crippen LogP contribution in [-0.4, -0.2) is 31.2 Å². The highest BCUT2D eigenvalue weighted by molar-refractivity contribution is 6.03. The van der Waals surface area contributed by atoms with Crippen LogP contribution >= 0.6 is 0 Å². The van der Waals surface area contributed by atoms with Gasteiger partial charge in [0.15, 0.2) is 6.10 Å². The number of carbonyl (C=O) groups is 1. The van der Waals surface area contributed by atoms with Gasteiger partial charge in [-0.2, -0.15) is 0 Å². The van der Waals surface area contributed by atoms with E-state index >= 15 is 0 Å². The summed E-state index contributed by atoms with van der Waals surface area (Å²) in [5.41, 5.74) is 2.74. The van der Waals surface area contributed by atoms with E-state index in [9.17, 15) is 9.90 Å². The highest BCUT2D eigenvalue weighted by Gasteiger charge is 2.34. The number of rotatable bonds is 3. The second kappa shape index (κ2) is 5.09. The molecule has 2 atom stereocenters.